The van der Waals surface area contributed by atoms with Crippen molar-refractivity contribution in [1.29, 1.82) is 0 Å². The zero-order chi connectivity index (χ0) is 13.6. The van der Waals surface area contributed by atoms with Crippen LogP contribution in [0.4, 0.5) is 13.2 Å². The van der Waals surface area contributed by atoms with E-state index in [0.717, 1.165) is 5.82 Å². The molecular formula is C11H17F3N2O2. The number of rotatable bonds is 7. The van der Waals surface area contributed by atoms with Crippen molar-refractivity contribution >= 4 is 0 Å². The third-order valence-electron chi connectivity index (χ3n) is 2.48. The maximum atomic E-state index is 11.8. The summed E-state index contributed by atoms with van der Waals surface area (Å²) in [5.74, 6) is 0.838. The number of ether oxygens (including phenoxy) is 1. The first-order valence-corrected chi connectivity index (χ1v) is 5.67. The van der Waals surface area contributed by atoms with E-state index < -0.39 is 18.9 Å². The molecule has 0 aliphatic rings. The Morgan fingerprint density at radius 1 is 1.44 bits per heavy atom. The van der Waals surface area contributed by atoms with Gasteiger partial charge in [0, 0.05) is 32.5 Å². The highest BCUT2D eigenvalue weighted by Gasteiger charge is 2.27. The second-order valence-electron chi connectivity index (χ2n) is 4.10. The molecule has 18 heavy (non-hydrogen) atoms. The second kappa shape index (κ2) is 6.75. The molecule has 1 atom stereocenters. The Kier molecular flexibility index (Phi) is 5.61. The summed E-state index contributed by atoms with van der Waals surface area (Å²) in [7, 11) is 1.85. The van der Waals surface area contributed by atoms with Gasteiger partial charge in [0.2, 0.25) is 0 Å². The summed E-state index contributed by atoms with van der Waals surface area (Å²) in [4.78, 5) is 4.09. The number of aliphatic hydroxyl groups is 1. The maximum absolute atomic E-state index is 11.8. The van der Waals surface area contributed by atoms with Gasteiger partial charge >= 0.3 is 6.18 Å². The molecule has 0 amide bonds. The van der Waals surface area contributed by atoms with E-state index in [2.05, 4.69) is 9.72 Å². The molecule has 1 rings (SSSR count). The number of hydrogen-bond donors (Lipinski definition) is 1. The average molecular weight is 266 g/mol. The van der Waals surface area contributed by atoms with Gasteiger partial charge in [0.1, 0.15) is 12.4 Å². The minimum Gasteiger partial charge on any atom is -0.393 e. The van der Waals surface area contributed by atoms with Crippen molar-refractivity contribution in [2.24, 2.45) is 7.05 Å². The van der Waals surface area contributed by atoms with Crippen LogP contribution in [-0.4, -0.2) is 40.2 Å². The molecule has 0 radical (unpaired) electrons. The third kappa shape index (κ3) is 6.02. The van der Waals surface area contributed by atoms with E-state index in [1.54, 1.807) is 12.4 Å². The number of aromatic nitrogens is 2. The molecule has 7 heteroatoms. The smallest absolute Gasteiger partial charge is 0.393 e. The van der Waals surface area contributed by atoms with Gasteiger partial charge in [-0.3, -0.25) is 0 Å². The zero-order valence-electron chi connectivity index (χ0n) is 10.2. The fraction of sp³-hybridized carbons (Fsp3) is 0.727. The molecule has 0 bridgehead atoms. The van der Waals surface area contributed by atoms with Gasteiger partial charge in [-0.15, -0.1) is 0 Å². The van der Waals surface area contributed by atoms with Crippen LogP contribution in [0.1, 0.15) is 18.7 Å². The van der Waals surface area contributed by atoms with Crippen LogP contribution in [0.15, 0.2) is 12.4 Å². The van der Waals surface area contributed by atoms with Gasteiger partial charge in [0.25, 0.3) is 0 Å². The summed E-state index contributed by atoms with van der Waals surface area (Å²) < 4.78 is 41.5. The van der Waals surface area contributed by atoms with Crippen molar-refractivity contribution in [2.75, 3.05) is 13.2 Å². The molecule has 1 heterocycles. The van der Waals surface area contributed by atoms with E-state index in [9.17, 15) is 18.3 Å². The number of hydrogen-bond acceptors (Lipinski definition) is 3. The quantitative estimate of drug-likeness (QED) is 0.764. The van der Waals surface area contributed by atoms with Crippen LogP contribution in [-0.2, 0) is 18.2 Å². The third-order valence-corrected chi connectivity index (χ3v) is 2.48. The highest BCUT2D eigenvalue weighted by atomic mass is 19.4. The number of aryl methyl sites for hydroxylation is 2. The van der Waals surface area contributed by atoms with Gasteiger partial charge in [-0.05, 0) is 12.8 Å². The van der Waals surface area contributed by atoms with Crippen LogP contribution in [0.5, 0.6) is 0 Å². The Labute approximate surface area is 103 Å². The molecule has 0 aliphatic heterocycles. The van der Waals surface area contributed by atoms with Crippen molar-refractivity contribution in [3.05, 3.63) is 18.2 Å². The number of nitrogens with zero attached hydrogens (tertiary/aromatic N) is 2. The predicted octanol–water partition coefficient (Wildman–Crippen LogP) is 1.68. The Morgan fingerprint density at radius 2 is 2.17 bits per heavy atom. The van der Waals surface area contributed by atoms with Gasteiger partial charge in [0.15, 0.2) is 0 Å². The van der Waals surface area contributed by atoms with Crippen LogP contribution in [0.2, 0.25) is 0 Å². The number of imidazole rings is 1. The van der Waals surface area contributed by atoms with Gasteiger partial charge < -0.3 is 14.4 Å². The summed E-state index contributed by atoms with van der Waals surface area (Å²) in [6.07, 6.45) is -0.278. The molecular weight excluding hydrogens is 249 g/mol. The Bertz CT molecular complexity index is 352. The first kappa shape index (κ1) is 15.0. The fourth-order valence-electron chi connectivity index (χ4n) is 1.48. The standard InChI is InChI=1S/C11H17F3N2O2/c1-16-6-5-15-10(16)3-2-9(17)4-7-18-8-11(12,13)14/h5-6,9,17H,2-4,7-8H2,1H3. The van der Waals surface area contributed by atoms with Crippen molar-refractivity contribution < 1.29 is 23.0 Å². The molecule has 1 aromatic rings. The Balaban J connectivity index is 2.11. The van der Waals surface area contributed by atoms with Crippen molar-refractivity contribution in [3.63, 3.8) is 0 Å². The normalized spacial score (nSPS) is 13.8. The van der Waals surface area contributed by atoms with Crippen LogP contribution >= 0.6 is 0 Å². The molecule has 0 aliphatic carbocycles. The van der Waals surface area contributed by atoms with Crippen molar-refractivity contribution in [1.82, 2.24) is 9.55 Å². The summed E-state index contributed by atoms with van der Waals surface area (Å²) in [6, 6.07) is 0. The highest BCUT2D eigenvalue weighted by molar-refractivity contribution is 4.91. The van der Waals surface area contributed by atoms with Crippen LogP contribution in [0, 0.1) is 0 Å². The lowest BCUT2D eigenvalue weighted by Crippen LogP contribution is -2.19. The first-order valence-electron chi connectivity index (χ1n) is 5.67. The molecule has 1 aromatic heterocycles. The SMILES string of the molecule is Cn1ccnc1CCC(O)CCOCC(F)(F)F. The number of halogens is 3. The summed E-state index contributed by atoms with van der Waals surface area (Å²) in [5, 5.41) is 9.57. The summed E-state index contributed by atoms with van der Waals surface area (Å²) >= 11 is 0. The van der Waals surface area contributed by atoms with Gasteiger partial charge in [-0.1, -0.05) is 0 Å². The molecule has 1 unspecified atom stereocenters. The minimum atomic E-state index is -4.31. The lowest BCUT2D eigenvalue weighted by molar-refractivity contribution is -0.175. The van der Waals surface area contributed by atoms with E-state index >= 15 is 0 Å². The van der Waals surface area contributed by atoms with Crippen LogP contribution < -0.4 is 0 Å². The highest BCUT2D eigenvalue weighted by Crippen LogP contribution is 2.14. The lowest BCUT2D eigenvalue weighted by atomic mass is 10.1. The molecule has 4 nitrogen and oxygen atoms in total. The fourth-order valence-corrected chi connectivity index (χ4v) is 1.48. The Morgan fingerprint density at radius 3 is 2.72 bits per heavy atom. The van der Waals surface area contributed by atoms with Gasteiger partial charge in [-0.25, -0.2) is 4.98 Å². The number of alkyl halides is 3. The summed E-state index contributed by atoms with van der Waals surface area (Å²) in [5.41, 5.74) is 0. The molecule has 0 aromatic carbocycles. The maximum Gasteiger partial charge on any atom is 0.411 e. The van der Waals surface area contributed by atoms with E-state index in [1.165, 1.54) is 0 Å². The Hall–Kier alpha value is -1.08. The predicted molar refractivity (Wildman–Crippen MR) is 59.0 cm³/mol. The van der Waals surface area contributed by atoms with Crippen LogP contribution in [0.3, 0.4) is 0 Å². The van der Waals surface area contributed by atoms with E-state index in [4.69, 9.17) is 0 Å². The molecule has 104 valence electrons. The molecule has 1 N–H and O–H groups in total. The van der Waals surface area contributed by atoms with Crippen molar-refractivity contribution in [2.45, 2.75) is 31.5 Å². The summed E-state index contributed by atoms with van der Waals surface area (Å²) in [6.45, 7) is -1.36. The van der Waals surface area contributed by atoms with E-state index in [-0.39, 0.29) is 13.0 Å². The number of aliphatic hydroxyl groups excluding tert-OH is 1. The van der Waals surface area contributed by atoms with Crippen molar-refractivity contribution in [3.8, 4) is 0 Å². The first-order chi connectivity index (χ1) is 8.38. The largest absolute Gasteiger partial charge is 0.411 e. The second-order valence-corrected chi connectivity index (χ2v) is 4.10. The minimum absolute atomic E-state index is 0.0960. The zero-order valence-corrected chi connectivity index (χ0v) is 10.2. The molecule has 0 saturated heterocycles. The topological polar surface area (TPSA) is 47.3 Å². The lowest BCUT2D eigenvalue weighted by Gasteiger charge is -2.11. The van der Waals surface area contributed by atoms with E-state index in [1.807, 2.05) is 11.6 Å². The van der Waals surface area contributed by atoms with Gasteiger partial charge in [0.05, 0.1) is 6.10 Å². The molecule has 0 spiro atoms. The van der Waals surface area contributed by atoms with Gasteiger partial charge in [-0.2, -0.15) is 13.2 Å². The monoisotopic (exact) mass is 266 g/mol. The van der Waals surface area contributed by atoms with E-state index in [0.29, 0.717) is 12.8 Å². The van der Waals surface area contributed by atoms with Crippen LogP contribution in [0.25, 0.3) is 0 Å². The average Bonchev–Trinajstić information content (AvgIpc) is 2.66. The molecule has 0 saturated carbocycles. The molecule has 0 fully saturated rings.